The predicted octanol–water partition coefficient (Wildman–Crippen LogP) is 4.94. The number of benzene rings is 2. The van der Waals surface area contributed by atoms with Gasteiger partial charge in [0.25, 0.3) is 0 Å². The van der Waals surface area contributed by atoms with E-state index in [0.29, 0.717) is 43.6 Å². The molecule has 0 saturated carbocycles. The van der Waals surface area contributed by atoms with Gasteiger partial charge in [0.05, 0.1) is 11.1 Å². The second kappa shape index (κ2) is 10.8. The van der Waals surface area contributed by atoms with Crippen LogP contribution < -0.4 is 5.32 Å². The molecule has 1 atom stereocenters. The largest absolute Gasteiger partial charge is 0.416 e. The molecule has 0 radical (unpaired) electrons. The molecule has 12 heteroatoms. The lowest BCUT2D eigenvalue weighted by atomic mass is 9.97. The van der Waals surface area contributed by atoms with Gasteiger partial charge in [0.2, 0.25) is 17.7 Å². The predicted molar refractivity (Wildman–Crippen MR) is 125 cm³/mol. The van der Waals surface area contributed by atoms with Crippen molar-refractivity contribution in [2.75, 3.05) is 13.1 Å². The minimum Gasteiger partial charge on any atom is -0.350 e. The lowest BCUT2D eigenvalue weighted by Crippen LogP contribution is -2.50. The summed E-state index contributed by atoms with van der Waals surface area (Å²) in [5.74, 6) is -1.02. The molecule has 206 valence electrons. The van der Waals surface area contributed by atoms with E-state index in [2.05, 4.69) is 5.32 Å². The fraction of sp³-hybridized carbons (Fsp3) is 0.423. The average Bonchev–Trinajstić information content (AvgIpc) is 3.20. The molecule has 1 unspecified atom stereocenters. The zero-order chi connectivity index (χ0) is 27.7. The first-order chi connectivity index (χ1) is 17.8. The van der Waals surface area contributed by atoms with Crippen LogP contribution in [0.25, 0.3) is 0 Å². The van der Waals surface area contributed by atoms with Gasteiger partial charge in [-0.1, -0.05) is 30.3 Å². The van der Waals surface area contributed by atoms with Gasteiger partial charge in [0.15, 0.2) is 0 Å². The van der Waals surface area contributed by atoms with Crippen LogP contribution >= 0.6 is 0 Å². The number of carbonyl (C=O) groups excluding carboxylic acids is 3. The molecule has 6 nitrogen and oxygen atoms in total. The number of carbonyl (C=O) groups is 3. The number of likely N-dealkylation sites (tertiary alicyclic amines) is 2. The van der Waals surface area contributed by atoms with Crippen LogP contribution in [0.15, 0.2) is 48.5 Å². The van der Waals surface area contributed by atoms with Gasteiger partial charge in [-0.05, 0) is 42.2 Å². The summed E-state index contributed by atoms with van der Waals surface area (Å²) in [6, 6.07) is 8.65. The van der Waals surface area contributed by atoms with Crippen molar-refractivity contribution < 1.29 is 42.2 Å². The summed E-state index contributed by atoms with van der Waals surface area (Å²) in [5.41, 5.74) is -2.65. The van der Waals surface area contributed by atoms with Crippen molar-refractivity contribution in [1.82, 2.24) is 15.1 Å². The van der Waals surface area contributed by atoms with E-state index in [0.717, 1.165) is 0 Å². The second-order valence-corrected chi connectivity index (χ2v) is 9.37. The Morgan fingerprint density at radius 1 is 0.895 bits per heavy atom. The van der Waals surface area contributed by atoms with Crippen molar-refractivity contribution in [3.8, 4) is 0 Å². The third-order valence-electron chi connectivity index (χ3n) is 6.80. The first-order valence-corrected chi connectivity index (χ1v) is 12.0. The number of halogens is 6. The van der Waals surface area contributed by atoms with E-state index < -0.39 is 42.0 Å². The molecule has 2 aromatic carbocycles. The topological polar surface area (TPSA) is 69.7 Å². The number of alkyl halides is 6. The summed E-state index contributed by atoms with van der Waals surface area (Å²) in [6.07, 6.45) is -8.74. The average molecular weight is 544 g/mol. The summed E-state index contributed by atoms with van der Waals surface area (Å²) in [7, 11) is 0. The van der Waals surface area contributed by atoms with E-state index in [4.69, 9.17) is 0 Å². The van der Waals surface area contributed by atoms with Crippen LogP contribution in [-0.4, -0.2) is 46.7 Å². The molecule has 2 aliphatic heterocycles. The minimum atomic E-state index is -4.99. The maximum Gasteiger partial charge on any atom is 0.416 e. The maximum absolute atomic E-state index is 13.3. The number of nitrogens with zero attached hydrogens (tertiary/aromatic N) is 2. The summed E-state index contributed by atoms with van der Waals surface area (Å²) in [4.78, 5) is 40.6. The molecule has 3 amide bonds. The molecule has 2 fully saturated rings. The maximum atomic E-state index is 13.3. The Kier molecular flexibility index (Phi) is 7.82. The molecule has 1 N–H and O–H groups in total. The molecule has 38 heavy (non-hydrogen) atoms. The van der Waals surface area contributed by atoms with E-state index in [1.54, 1.807) is 30.3 Å². The zero-order valence-electron chi connectivity index (χ0n) is 20.1. The van der Waals surface area contributed by atoms with Crippen LogP contribution in [0.1, 0.15) is 55.4 Å². The summed E-state index contributed by atoms with van der Waals surface area (Å²) >= 11 is 0. The molecule has 4 rings (SSSR count). The van der Waals surface area contributed by atoms with E-state index in [1.807, 2.05) is 4.90 Å². The van der Waals surface area contributed by atoms with E-state index in [9.17, 15) is 40.7 Å². The first-order valence-electron chi connectivity index (χ1n) is 12.0. The Labute approximate surface area is 216 Å². The van der Waals surface area contributed by atoms with Crippen molar-refractivity contribution in [1.29, 1.82) is 0 Å². The van der Waals surface area contributed by atoms with Crippen LogP contribution in [0.5, 0.6) is 0 Å². The van der Waals surface area contributed by atoms with Crippen LogP contribution in [0.3, 0.4) is 0 Å². The Balaban J connectivity index is 0.00000420. The highest BCUT2D eigenvalue weighted by atomic mass is 19.4. The summed E-state index contributed by atoms with van der Waals surface area (Å²) in [5, 5.41) is 2.50. The number of nitrogens with one attached hydrogen (secondary N) is 1. The van der Waals surface area contributed by atoms with Gasteiger partial charge in [-0.3, -0.25) is 24.2 Å². The molecule has 2 aliphatic rings. The van der Waals surface area contributed by atoms with Crippen molar-refractivity contribution in [2.24, 2.45) is 0 Å². The number of rotatable bonds is 6. The van der Waals surface area contributed by atoms with E-state index >= 15 is 0 Å². The monoisotopic (exact) mass is 543 g/mol. The number of piperidine rings is 1. The third-order valence-corrected chi connectivity index (χ3v) is 6.80. The highest BCUT2D eigenvalue weighted by Gasteiger charge is 2.39. The Hall–Kier alpha value is -3.41. The third kappa shape index (κ3) is 6.17. The standard InChI is InChI=1S/C26H25F6N3O3.H2/c27-25(28,29)18-12-16(13-19(14-18)26(30,31)32)15-33-24(38)23(17-4-2-1-3-5-17)34-10-8-20(9-11-34)35-21(36)6-7-22(35)37;/h1-5,12-14,20,23H,6-11,15H2,(H,33,38);1H. The second-order valence-electron chi connectivity index (χ2n) is 9.37. The molecular weight excluding hydrogens is 516 g/mol. The van der Waals surface area contributed by atoms with Crippen molar-refractivity contribution in [2.45, 2.75) is 56.7 Å². The van der Waals surface area contributed by atoms with Crippen LogP contribution in [0, 0.1) is 0 Å². The molecular formula is C26H27F6N3O3. The molecule has 2 aromatic rings. The molecule has 0 aromatic heterocycles. The highest BCUT2D eigenvalue weighted by Crippen LogP contribution is 2.36. The van der Waals surface area contributed by atoms with E-state index in [1.165, 1.54) is 4.90 Å². The number of amides is 3. The van der Waals surface area contributed by atoms with E-state index in [-0.39, 0.29) is 43.8 Å². The highest BCUT2D eigenvalue weighted by molar-refractivity contribution is 6.02. The Morgan fingerprint density at radius 3 is 1.92 bits per heavy atom. The fourth-order valence-electron chi connectivity index (χ4n) is 4.97. The first kappa shape index (κ1) is 27.6. The number of hydrogen-bond donors (Lipinski definition) is 1. The lowest BCUT2D eigenvalue weighted by Gasteiger charge is -2.39. The summed E-state index contributed by atoms with van der Waals surface area (Å²) in [6.45, 7) is 0.176. The van der Waals surface area contributed by atoms with Crippen molar-refractivity contribution in [3.05, 3.63) is 70.8 Å². The molecule has 2 heterocycles. The summed E-state index contributed by atoms with van der Waals surface area (Å²) < 4.78 is 79.3. The smallest absolute Gasteiger partial charge is 0.350 e. The van der Waals surface area contributed by atoms with Crippen LogP contribution in [-0.2, 0) is 33.3 Å². The number of hydrogen-bond acceptors (Lipinski definition) is 4. The minimum absolute atomic E-state index is 0. The van der Waals surface area contributed by atoms with Gasteiger partial charge in [0, 0.05) is 39.9 Å². The van der Waals surface area contributed by atoms with Crippen LogP contribution in [0.4, 0.5) is 26.3 Å². The molecule has 0 spiro atoms. The van der Waals surface area contributed by atoms with Gasteiger partial charge in [0.1, 0.15) is 6.04 Å². The Morgan fingerprint density at radius 2 is 1.42 bits per heavy atom. The van der Waals surface area contributed by atoms with Crippen LogP contribution in [0.2, 0.25) is 0 Å². The molecule has 2 saturated heterocycles. The number of imide groups is 1. The van der Waals surface area contributed by atoms with Crippen molar-refractivity contribution >= 4 is 17.7 Å². The quantitative estimate of drug-likeness (QED) is 0.414. The normalized spacial score (nSPS) is 18.6. The molecule has 0 bridgehead atoms. The fourth-order valence-corrected chi connectivity index (χ4v) is 4.97. The zero-order valence-corrected chi connectivity index (χ0v) is 20.1. The van der Waals surface area contributed by atoms with Gasteiger partial charge >= 0.3 is 12.4 Å². The SMILES string of the molecule is O=C(NCc1cc(C(F)(F)F)cc(C(F)(F)F)c1)C(c1ccccc1)N1CCC(N2C(=O)CCC2=O)CC1.[HH]. The molecule has 0 aliphatic carbocycles. The van der Waals surface area contributed by atoms with Gasteiger partial charge in [-0.2, -0.15) is 26.3 Å². The lowest BCUT2D eigenvalue weighted by molar-refractivity contribution is -0.144. The Bertz CT molecular complexity index is 1150. The van der Waals surface area contributed by atoms with Crippen molar-refractivity contribution in [3.63, 3.8) is 0 Å². The van der Waals surface area contributed by atoms with Gasteiger partial charge in [-0.15, -0.1) is 0 Å². The van der Waals surface area contributed by atoms with Gasteiger partial charge in [-0.25, -0.2) is 0 Å². The van der Waals surface area contributed by atoms with Gasteiger partial charge < -0.3 is 5.32 Å².